The van der Waals surface area contributed by atoms with Gasteiger partial charge in [-0.15, -0.1) is 0 Å². The van der Waals surface area contributed by atoms with E-state index in [1.165, 1.54) is 89.0 Å². The Morgan fingerprint density at radius 2 is 1.91 bits per heavy atom. The van der Waals surface area contributed by atoms with Gasteiger partial charge in [-0.05, 0) is 103 Å². The zero-order chi connectivity index (χ0) is 24.2. The lowest BCUT2D eigenvalue weighted by molar-refractivity contribution is 0.0920. The lowest BCUT2D eigenvalue weighted by Crippen LogP contribution is -2.36. The van der Waals surface area contributed by atoms with Crippen molar-refractivity contribution in [2.75, 3.05) is 0 Å². The molecule has 0 aliphatic heterocycles. The monoisotopic (exact) mass is 452 g/mol. The lowest BCUT2D eigenvalue weighted by Gasteiger charge is -2.44. The van der Waals surface area contributed by atoms with Crippen molar-refractivity contribution in [2.45, 2.75) is 132 Å². The Kier molecular flexibility index (Phi) is 9.19. The molecule has 3 aliphatic rings. The maximum absolute atomic E-state index is 4.52. The number of fused-ring (bicyclic) bond motifs is 1. The molecule has 0 aromatic carbocycles. The van der Waals surface area contributed by atoms with E-state index in [0.717, 1.165) is 23.7 Å². The van der Waals surface area contributed by atoms with Crippen LogP contribution in [0, 0.1) is 40.4 Å². The van der Waals surface area contributed by atoms with E-state index in [2.05, 4.69) is 67.2 Å². The molecule has 0 radical (unpaired) electrons. The van der Waals surface area contributed by atoms with Gasteiger partial charge in [0.1, 0.15) is 0 Å². The summed E-state index contributed by atoms with van der Waals surface area (Å²) in [4.78, 5) is 0. The molecule has 0 aromatic heterocycles. The minimum Gasteiger partial charge on any atom is -0.0953 e. The largest absolute Gasteiger partial charge is 0.0953 e. The highest BCUT2D eigenvalue weighted by Gasteiger charge is 2.50. The molecule has 0 amide bonds. The Hall–Kier alpha value is -0.780. The summed E-state index contributed by atoms with van der Waals surface area (Å²) >= 11 is 0. The second-order valence-corrected chi connectivity index (χ2v) is 13.8. The minimum absolute atomic E-state index is 0.478. The minimum atomic E-state index is 0.478. The Morgan fingerprint density at radius 3 is 2.61 bits per heavy atom. The molecule has 3 fully saturated rings. The maximum Gasteiger partial charge on any atom is -0.0143 e. The summed E-state index contributed by atoms with van der Waals surface area (Å²) in [5.74, 6) is 4.15. The van der Waals surface area contributed by atoms with Crippen molar-refractivity contribution in [2.24, 2.45) is 40.4 Å². The molecule has 3 aliphatic carbocycles. The highest BCUT2D eigenvalue weighted by Crippen LogP contribution is 2.60. The highest BCUT2D eigenvalue weighted by molar-refractivity contribution is 5.37. The molecule has 0 aromatic rings. The highest BCUT2D eigenvalue weighted by atomic mass is 14.5. The number of hydrogen-bond donors (Lipinski definition) is 0. The topological polar surface area (TPSA) is 0 Å². The van der Waals surface area contributed by atoms with Crippen LogP contribution in [0.15, 0.2) is 35.5 Å². The van der Waals surface area contributed by atoms with Gasteiger partial charge in [-0.3, -0.25) is 0 Å². The fraction of sp³-hybridized carbons (Fsp3) is 0.818. The molecule has 0 nitrogen and oxygen atoms in total. The second kappa shape index (κ2) is 11.3. The molecule has 3 rings (SSSR count). The number of rotatable bonds is 8. The van der Waals surface area contributed by atoms with E-state index in [1.807, 2.05) is 0 Å². The van der Waals surface area contributed by atoms with Crippen LogP contribution in [-0.2, 0) is 0 Å². The zero-order valence-electron chi connectivity index (χ0n) is 23.4. The first-order chi connectivity index (χ1) is 15.5. The molecule has 3 saturated carbocycles. The molecule has 6 atom stereocenters. The molecule has 0 heteroatoms. The molecule has 0 spiro atoms. The molecule has 33 heavy (non-hydrogen) atoms. The average molecular weight is 453 g/mol. The van der Waals surface area contributed by atoms with Gasteiger partial charge in [-0.1, -0.05) is 105 Å². The first kappa shape index (κ1) is 26.8. The van der Waals surface area contributed by atoms with Gasteiger partial charge in [-0.25, -0.2) is 0 Å². The van der Waals surface area contributed by atoms with Crippen LogP contribution in [-0.4, -0.2) is 0 Å². The third-order valence-electron chi connectivity index (χ3n) is 9.98. The fourth-order valence-corrected chi connectivity index (χ4v) is 7.95. The molecule has 0 N–H and O–H groups in total. The summed E-state index contributed by atoms with van der Waals surface area (Å²) in [5, 5.41) is 0. The number of hydrogen-bond acceptors (Lipinski definition) is 0. The Labute approximate surface area is 207 Å². The first-order valence-electron chi connectivity index (χ1n) is 14.6. The SMILES string of the molecule is C=C1/C(=C\C=C2/CCCC3(C)C2CCC3C(C)CCCC(C)(C)C)CC(CCCC)CC1C. The zero-order valence-corrected chi connectivity index (χ0v) is 23.4. The number of unbranched alkanes of at least 4 members (excludes halogenated alkanes) is 1. The normalized spacial score (nSPS) is 36.4. The van der Waals surface area contributed by atoms with Crippen molar-refractivity contribution in [1.82, 2.24) is 0 Å². The van der Waals surface area contributed by atoms with Gasteiger partial charge < -0.3 is 0 Å². The van der Waals surface area contributed by atoms with Crippen molar-refractivity contribution in [3.05, 3.63) is 35.5 Å². The van der Waals surface area contributed by atoms with Crippen LogP contribution < -0.4 is 0 Å². The summed E-state index contributed by atoms with van der Waals surface area (Å²) in [5.41, 5.74) is 5.78. The van der Waals surface area contributed by atoms with Crippen LogP contribution in [0.2, 0.25) is 0 Å². The van der Waals surface area contributed by atoms with Crippen molar-refractivity contribution < 1.29 is 0 Å². The molecular weight excluding hydrogens is 396 g/mol. The van der Waals surface area contributed by atoms with Crippen molar-refractivity contribution in [3.63, 3.8) is 0 Å². The van der Waals surface area contributed by atoms with E-state index in [9.17, 15) is 0 Å². The maximum atomic E-state index is 4.52. The molecule has 6 unspecified atom stereocenters. The van der Waals surface area contributed by atoms with E-state index in [1.54, 1.807) is 11.1 Å². The van der Waals surface area contributed by atoms with E-state index in [0.29, 0.717) is 16.7 Å². The summed E-state index contributed by atoms with van der Waals surface area (Å²) < 4.78 is 0. The average Bonchev–Trinajstić information content (AvgIpc) is 3.10. The van der Waals surface area contributed by atoms with Crippen molar-refractivity contribution >= 4 is 0 Å². The van der Waals surface area contributed by atoms with Gasteiger partial charge in [0.25, 0.3) is 0 Å². The fourth-order valence-electron chi connectivity index (χ4n) is 7.95. The van der Waals surface area contributed by atoms with E-state index >= 15 is 0 Å². The predicted octanol–water partition coefficient (Wildman–Crippen LogP) is 10.7. The Balaban J connectivity index is 1.69. The summed E-state index contributed by atoms with van der Waals surface area (Å²) in [6.45, 7) is 21.7. The van der Waals surface area contributed by atoms with Crippen LogP contribution >= 0.6 is 0 Å². The first-order valence-corrected chi connectivity index (χ1v) is 14.6. The Bertz CT molecular complexity index is 713. The van der Waals surface area contributed by atoms with Crippen molar-refractivity contribution in [3.8, 4) is 0 Å². The van der Waals surface area contributed by atoms with Gasteiger partial charge in [0.05, 0.1) is 0 Å². The quantitative estimate of drug-likeness (QED) is 0.343. The van der Waals surface area contributed by atoms with Gasteiger partial charge in [0.2, 0.25) is 0 Å². The van der Waals surface area contributed by atoms with Crippen LogP contribution in [0.4, 0.5) is 0 Å². The second-order valence-electron chi connectivity index (χ2n) is 13.8. The summed E-state index contributed by atoms with van der Waals surface area (Å²) in [6, 6.07) is 0. The third kappa shape index (κ3) is 6.67. The van der Waals surface area contributed by atoms with Crippen LogP contribution in [0.3, 0.4) is 0 Å². The van der Waals surface area contributed by atoms with Crippen LogP contribution in [0.25, 0.3) is 0 Å². The molecule has 188 valence electrons. The smallest absolute Gasteiger partial charge is 0.0143 e. The van der Waals surface area contributed by atoms with Crippen LogP contribution in [0.5, 0.6) is 0 Å². The van der Waals surface area contributed by atoms with Gasteiger partial charge >= 0.3 is 0 Å². The number of allylic oxidation sites excluding steroid dienone is 5. The van der Waals surface area contributed by atoms with Gasteiger partial charge in [0, 0.05) is 0 Å². The van der Waals surface area contributed by atoms with Gasteiger partial charge in [-0.2, -0.15) is 0 Å². The van der Waals surface area contributed by atoms with Crippen molar-refractivity contribution in [1.29, 1.82) is 0 Å². The molecule has 0 saturated heterocycles. The molecule has 0 bridgehead atoms. The van der Waals surface area contributed by atoms with Crippen LogP contribution in [0.1, 0.15) is 132 Å². The van der Waals surface area contributed by atoms with E-state index in [4.69, 9.17) is 0 Å². The summed E-state index contributed by atoms with van der Waals surface area (Å²) in [6.07, 6.45) is 23.1. The van der Waals surface area contributed by atoms with E-state index in [-0.39, 0.29) is 0 Å². The third-order valence-corrected chi connectivity index (χ3v) is 9.98. The summed E-state index contributed by atoms with van der Waals surface area (Å²) in [7, 11) is 0. The standard InChI is InChI=1S/C33H56/c1-9-10-14-27-22-25(3)26(4)29(23-27)17-16-28-15-12-21-33(8)30(18-19-31(28)33)24(2)13-11-20-32(5,6)7/h16-17,24-25,27,30-31H,4,9-15,18-23H2,1-3,5-8H3/b28-16+,29-17-. The Morgan fingerprint density at radius 1 is 1.15 bits per heavy atom. The molecular formula is C33H56. The molecule has 0 heterocycles. The van der Waals surface area contributed by atoms with Gasteiger partial charge in [0.15, 0.2) is 0 Å². The lowest BCUT2D eigenvalue weighted by atomic mass is 9.60. The predicted molar refractivity (Wildman–Crippen MR) is 147 cm³/mol. The van der Waals surface area contributed by atoms with E-state index < -0.39 is 0 Å².